The molecule has 2 aliphatic rings. The maximum absolute atomic E-state index is 14.7. The van der Waals surface area contributed by atoms with Gasteiger partial charge in [-0.3, -0.25) is 38.4 Å². The maximum Gasteiger partial charge on any atom is 0.246 e. The third-order valence-electron chi connectivity index (χ3n) is 12.3. The largest absolute Gasteiger partial charge is 0.394 e. The molecule has 8 amide bonds. The number of rotatable bonds is 21. The summed E-state index contributed by atoms with van der Waals surface area (Å²) in [6.07, 6.45) is 2.99. The van der Waals surface area contributed by atoms with E-state index in [1.165, 1.54) is 21.6 Å². The zero-order valence-electron chi connectivity index (χ0n) is 39.6. The Morgan fingerprint density at radius 2 is 1.22 bits per heavy atom. The topological polar surface area (TPSA) is 227 Å². The van der Waals surface area contributed by atoms with Crippen LogP contribution >= 0.6 is 0 Å². The van der Waals surface area contributed by atoms with E-state index in [1.54, 1.807) is 21.0 Å². The SMILES string of the molecule is CC[C@H](C)[C@H](NC(=O)[C@@H]1CCCN1C(=O)[C@H](CC(C)C)NC(C)=O)C(=O)N[C@@H](CO)C(=O)N[C@@H](Cc1cccc2ccccc12)C(=O)N1CCC[C@H]1C(=O)N[C@@H](CC(C)C)C(=O)N(C)C. The third kappa shape index (κ3) is 14.0. The Bertz CT molecular complexity index is 2020. The van der Waals surface area contributed by atoms with Gasteiger partial charge in [0.05, 0.1) is 6.61 Å². The number of likely N-dealkylation sites (tertiary alicyclic amines) is 2. The molecular formula is C48H72N8O9. The van der Waals surface area contributed by atoms with E-state index in [1.807, 2.05) is 77.1 Å². The first-order valence-corrected chi connectivity index (χ1v) is 23.2. The van der Waals surface area contributed by atoms with E-state index in [-0.39, 0.29) is 42.5 Å². The van der Waals surface area contributed by atoms with E-state index in [0.717, 1.165) is 16.3 Å². The summed E-state index contributed by atoms with van der Waals surface area (Å²) in [5, 5.41) is 26.1. The van der Waals surface area contributed by atoms with Crippen molar-refractivity contribution in [3.63, 3.8) is 0 Å². The maximum atomic E-state index is 14.7. The van der Waals surface area contributed by atoms with Crippen LogP contribution in [0.25, 0.3) is 10.8 Å². The van der Waals surface area contributed by atoms with E-state index in [0.29, 0.717) is 51.5 Å². The molecule has 8 atom stereocenters. The molecule has 0 aromatic heterocycles. The van der Waals surface area contributed by atoms with Crippen molar-refractivity contribution in [1.82, 2.24) is 41.3 Å². The summed E-state index contributed by atoms with van der Waals surface area (Å²) in [4.78, 5) is 114. The van der Waals surface area contributed by atoms with Crippen LogP contribution in [0.2, 0.25) is 0 Å². The van der Waals surface area contributed by atoms with Gasteiger partial charge in [0.1, 0.15) is 42.3 Å². The normalized spacial score (nSPS) is 18.9. The number of nitrogens with one attached hydrogen (secondary N) is 5. The summed E-state index contributed by atoms with van der Waals surface area (Å²) in [6, 6.07) is 5.85. The molecule has 0 spiro atoms. The highest BCUT2D eigenvalue weighted by atomic mass is 16.3. The number of hydrogen-bond donors (Lipinski definition) is 6. The van der Waals surface area contributed by atoms with Crippen molar-refractivity contribution >= 4 is 58.0 Å². The van der Waals surface area contributed by atoms with Crippen LogP contribution in [0.4, 0.5) is 0 Å². The predicted molar refractivity (Wildman–Crippen MR) is 247 cm³/mol. The van der Waals surface area contributed by atoms with Crippen LogP contribution in [0.1, 0.15) is 99.0 Å². The van der Waals surface area contributed by atoms with Crippen molar-refractivity contribution in [2.24, 2.45) is 17.8 Å². The fourth-order valence-corrected chi connectivity index (χ4v) is 8.79. The number of hydrogen-bond acceptors (Lipinski definition) is 9. The number of likely N-dealkylation sites (N-methyl/N-ethyl adjacent to an activating group) is 1. The number of nitrogens with zero attached hydrogens (tertiary/aromatic N) is 3. The average Bonchev–Trinajstić information content (AvgIpc) is 3.96. The number of carbonyl (C=O) groups is 8. The zero-order valence-corrected chi connectivity index (χ0v) is 39.6. The first-order chi connectivity index (χ1) is 30.8. The second-order valence-corrected chi connectivity index (χ2v) is 18.7. The van der Waals surface area contributed by atoms with Crippen LogP contribution in [0.3, 0.4) is 0 Å². The lowest BCUT2D eigenvalue weighted by molar-refractivity contribution is -0.143. The van der Waals surface area contributed by atoms with Gasteiger partial charge in [-0.15, -0.1) is 0 Å². The van der Waals surface area contributed by atoms with Crippen LogP contribution in [-0.4, -0.2) is 143 Å². The van der Waals surface area contributed by atoms with Gasteiger partial charge in [-0.2, -0.15) is 0 Å². The second kappa shape index (κ2) is 24.1. The minimum atomic E-state index is -1.54. The number of aliphatic hydroxyl groups is 1. The molecule has 0 radical (unpaired) electrons. The molecule has 2 aromatic carbocycles. The van der Waals surface area contributed by atoms with Crippen LogP contribution < -0.4 is 26.6 Å². The standard InChI is InChI=1S/C48H72N8O9/c1-10-30(6)41(53-44(61)40-21-15-23-56(40)47(64)36(25-29(4)5)49-31(7)58)45(62)52-38(27-57)42(59)50-37(26-33-18-13-17-32-16-11-12-19-34(32)33)48(65)55-22-14-20-39(55)43(60)51-35(24-28(2)3)46(63)54(8)9/h11-13,16-19,28-30,35-41,57H,10,14-15,20-27H2,1-9H3,(H,49,58)(H,50,59)(H,51,60)(H,52,62)(H,53,61)/t30-,35-,36-,37-,38-,39-,40-,41-/m0/s1. The van der Waals surface area contributed by atoms with Crippen molar-refractivity contribution in [3.8, 4) is 0 Å². The summed E-state index contributed by atoms with van der Waals surface area (Å²) < 4.78 is 0. The zero-order chi connectivity index (χ0) is 48.1. The van der Waals surface area contributed by atoms with Crippen molar-refractivity contribution in [2.45, 2.75) is 142 Å². The Morgan fingerprint density at radius 3 is 1.77 bits per heavy atom. The summed E-state index contributed by atoms with van der Waals surface area (Å²) in [7, 11) is 3.23. The molecule has 65 heavy (non-hydrogen) atoms. The van der Waals surface area contributed by atoms with E-state index in [2.05, 4.69) is 26.6 Å². The molecule has 0 saturated carbocycles. The van der Waals surface area contributed by atoms with Crippen molar-refractivity contribution in [1.29, 1.82) is 0 Å². The van der Waals surface area contributed by atoms with Crippen molar-refractivity contribution in [2.75, 3.05) is 33.8 Å². The predicted octanol–water partition coefficient (Wildman–Crippen LogP) is 2.03. The van der Waals surface area contributed by atoms with Gasteiger partial charge in [-0.05, 0) is 72.6 Å². The van der Waals surface area contributed by atoms with Gasteiger partial charge >= 0.3 is 0 Å². The number of aliphatic hydroxyl groups excluding tert-OH is 1. The molecule has 2 saturated heterocycles. The number of fused-ring (bicyclic) bond motifs is 1. The molecule has 2 fully saturated rings. The number of benzene rings is 2. The lowest BCUT2D eigenvalue weighted by atomic mass is 9.96. The molecule has 2 heterocycles. The van der Waals surface area contributed by atoms with Gasteiger partial charge in [-0.1, -0.05) is 90.4 Å². The smallest absolute Gasteiger partial charge is 0.246 e. The minimum Gasteiger partial charge on any atom is -0.394 e. The Hall–Kier alpha value is -5.58. The van der Waals surface area contributed by atoms with Crippen LogP contribution in [0, 0.1) is 17.8 Å². The van der Waals surface area contributed by atoms with Gasteiger partial charge < -0.3 is 46.4 Å². The van der Waals surface area contributed by atoms with Crippen LogP contribution in [0.5, 0.6) is 0 Å². The molecule has 17 nitrogen and oxygen atoms in total. The van der Waals surface area contributed by atoms with E-state index < -0.39 is 84.4 Å². The average molecular weight is 905 g/mol. The molecule has 0 unspecified atom stereocenters. The Balaban J connectivity index is 1.57. The summed E-state index contributed by atoms with van der Waals surface area (Å²) in [5.74, 6) is -4.43. The first-order valence-electron chi connectivity index (χ1n) is 23.2. The van der Waals surface area contributed by atoms with E-state index in [4.69, 9.17) is 0 Å². The summed E-state index contributed by atoms with van der Waals surface area (Å²) >= 11 is 0. The fourth-order valence-electron chi connectivity index (χ4n) is 8.79. The number of amides is 8. The minimum absolute atomic E-state index is 0.0140. The fraction of sp³-hybridized carbons (Fsp3) is 0.625. The quantitative estimate of drug-likeness (QED) is 0.108. The number of carbonyl (C=O) groups excluding carboxylic acids is 8. The highest BCUT2D eigenvalue weighted by Crippen LogP contribution is 2.25. The van der Waals surface area contributed by atoms with Crippen LogP contribution in [-0.2, 0) is 44.8 Å². The first kappa shape index (κ1) is 52.0. The summed E-state index contributed by atoms with van der Waals surface area (Å²) in [5.41, 5.74) is 0.742. The molecule has 6 N–H and O–H groups in total. The highest BCUT2D eigenvalue weighted by Gasteiger charge is 2.42. The van der Waals surface area contributed by atoms with Gasteiger partial charge in [0, 0.05) is 40.5 Å². The summed E-state index contributed by atoms with van der Waals surface area (Å²) in [6.45, 7) is 12.4. The van der Waals surface area contributed by atoms with E-state index >= 15 is 0 Å². The molecular weight excluding hydrogens is 833 g/mol. The lowest BCUT2D eigenvalue weighted by Crippen LogP contribution is -2.61. The Morgan fingerprint density at radius 1 is 0.677 bits per heavy atom. The molecule has 2 aromatic rings. The molecule has 358 valence electrons. The van der Waals surface area contributed by atoms with E-state index in [9.17, 15) is 43.5 Å². The van der Waals surface area contributed by atoms with Crippen LogP contribution in [0.15, 0.2) is 42.5 Å². The second-order valence-electron chi connectivity index (χ2n) is 18.7. The van der Waals surface area contributed by atoms with Crippen molar-refractivity contribution < 1.29 is 43.5 Å². The molecule has 4 rings (SSSR count). The monoisotopic (exact) mass is 905 g/mol. The van der Waals surface area contributed by atoms with Gasteiger partial charge in [-0.25, -0.2) is 0 Å². The third-order valence-corrected chi connectivity index (χ3v) is 12.3. The molecule has 17 heteroatoms. The highest BCUT2D eigenvalue weighted by molar-refractivity contribution is 5.98. The van der Waals surface area contributed by atoms with Gasteiger partial charge in [0.25, 0.3) is 0 Å². The van der Waals surface area contributed by atoms with Gasteiger partial charge in [0.2, 0.25) is 47.3 Å². The molecule has 2 aliphatic heterocycles. The molecule has 0 aliphatic carbocycles. The van der Waals surface area contributed by atoms with Gasteiger partial charge in [0.15, 0.2) is 0 Å². The Labute approximate surface area is 383 Å². The molecule has 0 bridgehead atoms. The Kier molecular flexibility index (Phi) is 19.3. The van der Waals surface area contributed by atoms with Crippen molar-refractivity contribution in [3.05, 3.63) is 48.0 Å². The lowest BCUT2D eigenvalue weighted by Gasteiger charge is -2.32.